The molecule has 4 aromatic rings. The lowest BCUT2D eigenvalue weighted by atomic mass is 10.1. The molecule has 26 heavy (non-hydrogen) atoms. The van der Waals surface area contributed by atoms with Crippen LogP contribution in [0.5, 0.6) is 0 Å². The number of hydrogen-bond acceptors (Lipinski definition) is 4. The van der Waals surface area contributed by atoms with Crippen molar-refractivity contribution in [1.82, 2.24) is 19.7 Å². The summed E-state index contributed by atoms with van der Waals surface area (Å²) in [7, 11) is 0. The SMILES string of the molecule is Fc1ccccc1CSc1ccc(-c2ccc(-n3ccnc3)cc2)nn1. The van der Waals surface area contributed by atoms with Gasteiger partial charge in [-0.3, -0.25) is 0 Å². The topological polar surface area (TPSA) is 43.6 Å². The zero-order valence-electron chi connectivity index (χ0n) is 13.8. The third kappa shape index (κ3) is 3.65. The van der Waals surface area contributed by atoms with Crippen LogP contribution in [0.3, 0.4) is 0 Å². The summed E-state index contributed by atoms with van der Waals surface area (Å²) in [5, 5.41) is 9.31. The van der Waals surface area contributed by atoms with E-state index >= 15 is 0 Å². The highest BCUT2D eigenvalue weighted by atomic mass is 32.2. The Morgan fingerprint density at radius 1 is 0.923 bits per heavy atom. The largest absolute Gasteiger partial charge is 0.306 e. The molecule has 6 heteroatoms. The van der Waals surface area contributed by atoms with Gasteiger partial charge in [0, 0.05) is 29.4 Å². The van der Waals surface area contributed by atoms with E-state index < -0.39 is 0 Å². The van der Waals surface area contributed by atoms with Gasteiger partial charge in [0.1, 0.15) is 10.8 Å². The van der Waals surface area contributed by atoms with Gasteiger partial charge in [0.25, 0.3) is 0 Å². The van der Waals surface area contributed by atoms with Gasteiger partial charge >= 0.3 is 0 Å². The molecule has 0 fully saturated rings. The molecule has 0 spiro atoms. The van der Waals surface area contributed by atoms with Gasteiger partial charge in [-0.2, -0.15) is 0 Å². The highest BCUT2D eigenvalue weighted by Crippen LogP contribution is 2.24. The zero-order valence-corrected chi connectivity index (χ0v) is 14.6. The molecule has 0 saturated carbocycles. The fraction of sp³-hybridized carbons (Fsp3) is 0.0500. The molecule has 4 rings (SSSR count). The first-order chi connectivity index (χ1) is 12.8. The Kier molecular flexibility index (Phi) is 4.75. The van der Waals surface area contributed by atoms with E-state index in [0.29, 0.717) is 11.3 Å². The summed E-state index contributed by atoms with van der Waals surface area (Å²) >= 11 is 1.47. The Bertz CT molecular complexity index is 983. The van der Waals surface area contributed by atoms with Gasteiger partial charge in [-0.1, -0.05) is 42.1 Å². The molecule has 4 nitrogen and oxygen atoms in total. The van der Waals surface area contributed by atoms with Crippen molar-refractivity contribution >= 4 is 11.8 Å². The summed E-state index contributed by atoms with van der Waals surface area (Å²) in [6.07, 6.45) is 5.41. The number of nitrogens with zero attached hydrogens (tertiary/aromatic N) is 4. The summed E-state index contributed by atoms with van der Waals surface area (Å²) < 4.78 is 15.6. The van der Waals surface area contributed by atoms with Crippen LogP contribution in [0.25, 0.3) is 16.9 Å². The van der Waals surface area contributed by atoms with Gasteiger partial charge < -0.3 is 4.57 Å². The molecule has 0 amide bonds. The average molecular weight is 362 g/mol. The van der Waals surface area contributed by atoms with E-state index in [1.54, 1.807) is 24.7 Å². The van der Waals surface area contributed by atoms with E-state index in [-0.39, 0.29) is 5.82 Å². The van der Waals surface area contributed by atoms with E-state index in [1.165, 1.54) is 17.8 Å². The first-order valence-electron chi connectivity index (χ1n) is 8.08. The Balaban J connectivity index is 1.45. The lowest BCUT2D eigenvalue weighted by Crippen LogP contribution is -1.93. The molecule has 2 aromatic heterocycles. The maximum Gasteiger partial charge on any atom is 0.127 e. The lowest BCUT2D eigenvalue weighted by molar-refractivity contribution is 0.617. The van der Waals surface area contributed by atoms with Crippen LogP contribution in [0.1, 0.15) is 5.56 Å². The molecule has 0 aliphatic heterocycles. The van der Waals surface area contributed by atoms with Gasteiger partial charge in [0.2, 0.25) is 0 Å². The van der Waals surface area contributed by atoms with Crippen LogP contribution in [0.4, 0.5) is 4.39 Å². The van der Waals surface area contributed by atoms with Crippen LogP contribution < -0.4 is 0 Å². The van der Waals surface area contributed by atoms with Gasteiger partial charge in [0.15, 0.2) is 0 Å². The predicted octanol–water partition coefficient (Wildman–Crippen LogP) is 4.76. The number of benzene rings is 2. The first-order valence-corrected chi connectivity index (χ1v) is 9.07. The maximum absolute atomic E-state index is 13.7. The molecule has 0 aliphatic carbocycles. The quantitative estimate of drug-likeness (QED) is 0.480. The number of imidazole rings is 1. The molecule has 0 N–H and O–H groups in total. The number of aromatic nitrogens is 4. The van der Waals surface area contributed by atoms with Gasteiger partial charge in [-0.25, -0.2) is 9.37 Å². The molecule has 128 valence electrons. The number of thioether (sulfide) groups is 1. The van der Waals surface area contributed by atoms with Crippen LogP contribution >= 0.6 is 11.8 Å². The second kappa shape index (κ2) is 7.49. The monoisotopic (exact) mass is 362 g/mol. The Hall–Kier alpha value is -2.99. The molecule has 0 radical (unpaired) electrons. The number of rotatable bonds is 5. The molecule has 0 aliphatic rings. The Morgan fingerprint density at radius 2 is 1.77 bits per heavy atom. The summed E-state index contributed by atoms with van der Waals surface area (Å²) in [6, 6.07) is 18.7. The van der Waals surface area contributed by atoms with Crippen molar-refractivity contribution in [3.8, 4) is 16.9 Å². The summed E-state index contributed by atoms with van der Waals surface area (Å²) in [6.45, 7) is 0. The average Bonchev–Trinajstić information content (AvgIpc) is 3.23. The fourth-order valence-electron chi connectivity index (χ4n) is 2.53. The van der Waals surface area contributed by atoms with E-state index in [4.69, 9.17) is 0 Å². The highest BCUT2D eigenvalue weighted by Gasteiger charge is 2.05. The molecular formula is C20H15FN4S. The Morgan fingerprint density at radius 3 is 2.46 bits per heavy atom. The number of halogens is 1. The maximum atomic E-state index is 13.7. The third-order valence-electron chi connectivity index (χ3n) is 3.94. The third-order valence-corrected chi connectivity index (χ3v) is 4.91. The molecule has 0 bridgehead atoms. The van der Waals surface area contributed by atoms with Gasteiger partial charge in [-0.15, -0.1) is 10.2 Å². The number of hydrogen-bond donors (Lipinski definition) is 0. The summed E-state index contributed by atoms with van der Waals surface area (Å²) in [5.74, 6) is 0.336. The van der Waals surface area contributed by atoms with Crippen molar-refractivity contribution in [2.24, 2.45) is 0 Å². The second-order valence-corrected chi connectivity index (χ2v) is 6.65. The van der Waals surface area contributed by atoms with E-state index in [9.17, 15) is 4.39 Å². The molecule has 2 aromatic carbocycles. The normalized spacial score (nSPS) is 10.8. The molecule has 0 unspecified atom stereocenters. The van der Waals surface area contributed by atoms with E-state index in [2.05, 4.69) is 15.2 Å². The van der Waals surface area contributed by atoms with Crippen molar-refractivity contribution < 1.29 is 4.39 Å². The van der Waals surface area contributed by atoms with Crippen molar-refractivity contribution in [3.63, 3.8) is 0 Å². The minimum absolute atomic E-state index is 0.192. The minimum atomic E-state index is -0.192. The van der Waals surface area contributed by atoms with E-state index in [0.717, 1.165) is 22.0 Å². The van der Waals surface area contributed by atoms with Crippen LogP contribution in [-0.2, 0) is 5.75 Å². The van der Waals surface area contributed by atoms with Crippen LogP contribution in [-0.4, -0.2) is 19.7 Å². The van der Waals surface area contributed by atoms with Gasteiger partial charge in [-0.05, 0) is 35.9 Å². The van der Waals surface area contributed by atoms with Crippen LogP contribution in [0, 0.1) is 5.82 Å². The molecule has 0 atom stereocenters. The smallest absolute Gasteiger partial charge is 0.127 e. The first kappa shape index (κ1) is 16.5. The summed E-state index contributed by atoms with van der Waals surface area (Å²) in [4.78, 5) is 4.05. The molecular weight excluding hydrogens is 347 g/mol. The van der Waals surface area contributed by atoms with Crippen LogP contribution in [0.15, 0.2) is 84.4 Å². The standard InChI is InChI=1S/C20H15FN4S/c21-18-4-2-1-3-16(18)13-26-20-10-9-19(23-24-20)15-5-7-17(8-6-15)25-12-11-22-14-25/h1-12,14H,13H2. The summed E-state index contributed by atoms with van der Waals surface area (Å²) in [5.41, 5.74) is 3.50. The molecule has 2 heterocycles. The zero-order chi connectivity index (χ0) is 17.8. The minimum Gasteiger partial charge on any atom is -0.306 e. The lowest BCUT2D eigenvalue weighted by Gasteiger charge is -2.05. The van der Waals surface area contributed by atoms with Crippen molar-refractivity contribution in [3.05, 3.63) is 90.8 Å². The van der Waals surface area contributed by atoms with Crippen molar-refractivity contribution in [2.75, 3.05) is 0 Å². The van der Waals surface area contributed by atoms with Crippen molar-refractivity contribution in [2.45, 2.75) is 10.8 Å². The second-order valence-electron chi connectivity index (χ2n) is 5.65. The van der Waals surface area contributed by atoms with E-state index in [1.807, 2.05) is 53.2 Å². The Labute approximate surface area is 154 Å². The predicted molar refractivity (Wildman–Crippen MR) is 101 cm³/mol. The van der Waals surface area contributed by atoms with Crippen molar-refractivity contribution in [1.29, 1.82) is 0 Å². The van der Waals surface area contributed by atoms with Gasteiger partial charge in [0.05, 0.1) is 12.0 Å². The van der Waals surface area contributed by atoms with Crippen LogP contribution in [0.2, 0.25) is 0 Å². The molecule has 0 saturated heterocycles. The fourth-order valence-corrected chi connectivity index (χ4v) is 3.33. The highest BCUT2D eigenvalue weighted by molar-refractivity contribution is 7.98.